The van der Waals surface area contributed by atoms with Gasteiger partial charge in [0.15, 0.2) is 0 Å². The maximum atomic E-state index is 5.14. The molecule has 0 aliphatic carbocycles. The van der Waals surface area contributed by atoms with E-state index in [4.69, 9.17) is 4.42 Å². The van der Waals surface area contributed by atoms with E-state index in [1.54, 1.807) is 11.8 Å². The van der Waals surface area contributed by atoms with Crippen LogP contribution in [0.25, 0.3) is 0 Å². The Morgan fingerprint density at radius 1 is 1.67 bits per heavy atom. The number of unbranched alkanes of at least 4 members (excludes halogenated alkanes) is 1. The Morgan fingerprint density at radius 3 is 2.92 bits per heavy atom. The maximum absolute atomic E-state index is 5.14. The molecule has 0 saturated carbocycles. The number of nitrogens with zero attached hydrogens (tertiary/aromatic N) is 1. The normalized spacial score (nSPS) is 9.50. The molecule has 1 rings (SSSR count). The van der Waals surface area contributed by atoms with E-state index >= 15 is 0 Å². The number of hydrogen-bond acceptors (Lipinski definition) is 3. The van der Waals surface area contributed by atoms with E-state index in [1.807, 2.05) is 0 Å². The number of thioether (sulfide) groups is 1. The summed E-state index contributed by atoms with van der Waals surface area (Å²) < 4.78 is 5.72. The molecule has 0 aliphatic rings. The van der Waals surface area contributed by atoms with Gasteiger partial charge in [-0.15, -0.1) is 0 Å². The van der Waals surface area contributed by atoms with Crippen molar-refractivity contribution in [2.75, 3.05) is 5.75 Å². The van der Waals surface area contributed by atoms with Crippen LogP contribution in [-0.2, 0) is 0 Å². The van der Waals surface area contributed by atoms with Crippen molar-refractivity contribution in [3.05, 3.63) is 10.9 Å². The van der Waals surface area contributed by atoms with Crippen molar-refractivity contribution in [2.24, 2.45) is 0 Å². The van der Waals surface area contributed by atoms with E-state index in [2.05, 4.69) is 34.0 Å². The van der Waals surface area contributed by atoms with Crippen molar-refractivity contribution in [1.29, 1.82) is 0 Å². The van der Waals surface area contributed by atoms with Crippen molar-refractivity contribution in [3.63, 3.8) is 0 Å². The summed E-state index contributed by atoms with van der Waals surface area (Å²) in [5, 5.41) is 0.699. The summed E-state index contributed by atoms with van der Waals surface area (Å²) in [6.07, 6.45) is 5.08. The minimum Gasteiger partial charge on any atom is -0.530 e. The molecule has 5 heteroatoms. The monoisotopic (exact) mass is 241 g/mol. The van der Waals surface area contributed by atoms with Crippen LogP contribution in [-0.4, -0.2) is 10.7 Å². The van der Waals surface area contributed by atoms with Gasteiger partial charge in [-0.3, -0.25) is 0 Å². The molecule has 12 heavy (non-hydrogen) atoms. The quantitative estimate of drug-likeness (QED) is 0.325. The van der Waals surface area contributed by atoms with Gasteiger partial charge in [0.2, 0.25) is 0 Å². The van der Waals surface area contributed by atoms with Crippen molar-refractivity contribution in [2.45, 2.75) is 25.0 Å². The molecule has 0 radical (unpaired) electrons. The molecule has 0 saturated heterocycles. The van der Waals surface area contributed by atoms with Gasteiger partial charge < -0.3 is 9.40 Å². The van der Waals surface area contributed by atoms with E-state index < -0.39 is 0 Å². The van der Waals surface area contributed by atoms with Crippen LogP contribution in [0.4, 0.5) is 0 Å². The number of hydrogen-bond donors (Lipinski definition) is 0. The summed E-state index contributed by atoms with van der Waals surface area (Å²) in [5.41, 5.74) is 0. The first-order chi connectivity index (χ1) is 5.33. The first kappa shape index (κ1) is 12.6. The number of aromatic nitrogens is 1. The van der Waals surface area contributed by atoms with Gasteiger partial charge in [-0.2, -0.15) is 11.8 Å². The van der Waals surface area contributed by atoms with Crippen LogP contribution < -0.4 is 18.9 Å². The second-order valence-electron chi connectivity index (χ2n) is 2.07. The summed E-state index contributed by atoms with van der Waals surface area (Å²) in [4.78, 5) is 3.91. The third-order valence-corrected chi connectivity index (χ3v) is 2.39. The minimum atomic E-state index is 0. The molecule has 0 atom stereocenters. The van der Waals surface area contributed by atoms with Crippen molar-refractivity contribution < 1.29 is 23.3 Å². The topological polar surface area (TPSA) is 26.0 Å². The smallest absolute Gasteiger partial charge is 0.530 e. The molecule has 1 aromatic heterocycles. The third kappa shape index (κ3) is 4.61. The molecule has 0 amide bonds. The molecular formula is C7H9BrLiNOS. The number of halogens is 1. The molecule has 0 aromatic carbocycles. The van der Waals surface area contributed by atoms with Gasteiger partial charge >= 0.3 is 18.9 Å². The van der Waals surface area contributed by atoms with Gasteiger partial charge in [0.25, 0.3) is 0 Å². The van der Waals surface area contributed by atoms with Crippen LogP contribution in [0.15, 0.2) is 14.3 Å². The Hall–Kier alpha value is 0.637. The van der Waals surface area contributed by atoms with Crippen molar-refractivity contribution >= 4 is 27.7 Å². The molecule has 1 aromatic rings. The average molecular weight is 242 g/mol. The zero-order valence-corrected chi connectivity index (χ0v) is 9.67. The van der Waals surface area contributed by atoms with E-state index in [9.17, 15) is 0 Å². The van der Waals surface area contributed by atoms with Crippen LogP contribution in [0.5, 0.6) is 0 Å². The fourth-order valence-electron chi connectivity index (χ4n) is 0.577. The summed E-state index contributed by atoms with van der Waals surface area (Å²) in [6, 6.07) is 0. The summed E-state index contributed by atoms with van der Waals surface area (Å²) in [6.45, 7) is 2.16. The molecule has 0 N–H and O–H groups in total. The largest absolute Gasteiger partial charge is 1.00 e. The summed E-state index contributed by atoms with van der Waals surface area (Å²) >= 11 is 4.77. The molecule has 1 heterocycles. The number of rotatable bonds is 4. The molecule has 2 nitrogen and oxygen atoms in total. The van der Waals surface area contributed by atoms with Crippen LogP contribution >= 0.6 is 27.7 Å². The number of oxazole rings is 1. The van der Waals surface area contributed by atoms with Gasteiger partial charge in [-0.25, -0.2) is 0 Å². The molecule has 0 aliphatic heterocycles. The predicted molar refractivity (Wildman–Crippen MR) is 48.7 cm³/mol. The zero-order valence-electron chi connectivity index (χ0n) is 7.26. The molecule has 62 valence electrons. The average Bonchev–Trinajstić information content (AvgIpc) is 2.37. The summed E-state index contributed by atoms with van der Waals surface area (Å²) in [5.74, 6) is 1.07. The van der Waals surface area contributed by atoms with Crippen LogP contribution in [0.2, 0.25) is 0 Å². The molecule has 0 unspecified atom stereocenters. The molecule has 0 spiro atoms. The Kier molecular flexibility index (Phi) is 7.46. The SMILES string of the molecule is CCCCSc1n[c-]c(Br)o1.[Li+]. The van der Waals surface area contributed by atoms with Crippen molar-refractivity contribution in [1.82, 2.24) is 4.98 Å². The van der Waals surface area contributed by atoms with E-state index in [0.717, 1.165) is 5.75 Å². The summed E-state index contributed by atoms with van der Waals surface area (Å²) in [7, 11) is 0. The predicted octanol–water partition coefficient (Wildman–Crippen LogP) is 0.133. The van der Waals surface area contributed by atoms with Crippen LogP contribution in [0.1, 0.15) is 19.8 Å². The van der Waals surface area contributed by atoms with Crippen LogP contribution in [0, 0.1) is 6.20 Å². The first-order valence-electron chi connectivity index (χ1n) is 3.49. The second kappa shape index (κ2) is 7.08. The second-order valence-corrected chi connectivity index (χ2v) is 3.83. The fraction of sp³-hybridized carbons (Fsp3) is 0.571. The minimum absolute atomic E-state index is 0. The third-order valence-electron chi connectivity index (χ3n) is 1.14. The first-order valence-corrected chi connectivity index (χ1v) is 5.27. The van der Waals surface area contributed by atoms with Gasteiger partial charge in [-0.05, 0) is 28.1 Å². The Bertz CT molecular complexity index is 219. The van der Waals surface area contributed by atoms with Gasteiger partial charge in [0.05, 0.1) is 9.89 Å². The molecule has 0 fully saturated rings. The van der Waals surface area contributed by atoms with Gasteiger partial charge in [0, 0.05) is 0 Å². The Morgan fingerprint density at radius 2 is 2.42 bits per heavy atom. The molecule has 0 bridgehead atoms. The van der Waals surface area contributed by atoms with Crippen LogP contribution in [0.3, 0.4) is 0 Å². The van der Waals surface area contributed by atoms with E-state index in [1.165, 1.54) is 12.8 Å². The van der Waals surface area contributed by atoms with Gasteiger partial charge in [-0.1, -0.05) is 19.5 Å². The molecular weight excluding hydrogens is 233 g/mol. The van der Waals surface area contributed by atoms with E-state index in [-0.39, 0.29) is 18.9 Å². The van der Waals surface area contributed by atoms with Gasteiger partial charge in [0.1, 0.15) is 0 Å². The van der Waals surface area contributed by atoms with E-state index in [0.29, 0.717) is 9.89 Å². The Labute approximate surface area is 97.2 Å². The zero-order chi connectivity index (χ0) is 8.10. The van der Waals surface area contributed by atoms with Crippen molar-refractivity contribution in [3.8, 4) is 0 Å². The standard InChI is InChI=1S/C7H9BrNOS.Li/c1-2-3-4-11-7-9-5-6(8)10-7;/h2-4H2,1H3;/q-1;+1. The Balaban J connectivity index is 0.00000121. The maximum Gasteiger partial charge on any atom is 1.00 e. The fourth-order valence-corrected chi connectivity index (χ4v) is 1.79.